The zero-order valence-corrected chi connectivity index (χ0v) is 11.8. The molecule has 1 heterocycles. The molecule has 3 rings (SSSR count). The molecule has 2 N–H and O–H groups in total. The number of hydrogen-bond acceptors (Lipinski definition) is 2. The lowest BCUT2D eigenvalue weighted by Crippen LogP contribution is -2.24. The number of nitrogens with one attached hydrogen (secondary N) is 2. The number of hydrogen-bond donors (Lipinski definition) is 2. The highest BCUT2D eigenvalue weighted by atomic mass is 19.1. The van der Waals surface area contributed by atoms with Gasteiger partial charge in [-0.2, -0.15) is 0 Å². The van der Waals surface area contributed by atoms with E-state index in [1.165, 1.54) is 12.1 Å². The first kappa shape index (κ1) is 15.1. The van der Waals surface area contributed by atoms with Crippen molar-refractivity contribution in [3.05, 3.63) is 64.5 Å². The molecular formula is C16H11F3N2O2. The Bertz CT molecular complexity index is 798. The van der Waals surface area contributed by atoms with Crippen LogP contribution in [0.3, 0.4) is 0 Å². The Kier molecular flexibility index (Phi) is 3.77. The molecule has 0 atom stereocenters. The van der Waals surface area contributed by atoms with Crippen LogP contribution in [0, 0.1) is 17.5 Å². The smallest absolute Gasteiger partial charge is 0.251 e. The Labute approximate surface area is 129 Å². The maximum atomic E-state index is 13.5. The van der Waals surface area contributed by atoms with Gasteiger partial charge >= 0.3 is 0 Å². The van der Waals surface area contributed by atoms with Gasteiger partial charge in [0.25, 0.3) is 5.91 Å². The number of fused-ring (bicyclic) bond motifs is 1. The van der Waals surface area contributed by atoms with E-state index in [4.69, 9.17) is 0 Å². The van der Waals surface area contributed by atoms with Crippen molar-refractivity contribution < 1.29 is 22.8 Å². The number of amides is 2. The third-order valence-electron chi connectivity index (χ3n) is 3.53. The van der Waals surface area contributed by atoms with Gasteiger partial charge in [-0.05, 0) is 17.7 Å². The van der Waals surface area contributed by atoms with Crippen molar-refractivity contribution in [2.75, 3.05) is 5.32 Å². The van der Waals surface area contributed by atoms with Crippen LogP contribution in [-0.4, -0.2) is 11.8 Å². The molecule has 7 heteroatoms. The van der Waals surface area contributed by atoms with Crippen molar-refractivity contribution in [2.45, 2.75) is 13.0 Å². The molecule has 0 radical (unpaired) electrons. The van der Waals surface area contributed by atoms with E-state index in [1.807, 2.05) is 0 Å². The normalized spacial score (nSPS) is 12.7. The topological polar surface area (TPSA) is 58.2 Å². The molecule has 0 aromatic heterocycles. The maximum absolute atomic E-state index is 13.5. The summed E-state index contributed by atoms with van der Waals surface area (Å²) in [5.41, 5.74) is 1.15. The van der Waals surface area contributed by atoms with Crippen molar-refractivity contribution >= 4 is 17.5 Å². The van der Waals surface area contributed by atoms with E-state index in [-0.39, 0.29) is 17.9 Å². The molecule has 0 saturated heterocycles. The molecule has 0 bridgehead atoms. The van der Waals surface area contributed by atoms with Crippen molar-refractivity contribution in [1.82, 2.24) is 5.32 Å². The first-order valence-corrected chi connectivity index (χ1v) is 6.78. The molecule has 0 unspecified atom stereocenters. The number of anilines is 1. The number of benzene rings is 2. The van der Waals surface area contributed by atoms with Gasteiger partial charge in [0.15, 0.2) is 0 Å². The van der Waals surface area contributed by atoms with Gasteiger partial charge in [0.1, 0.15) is 17.5 Å². The SMILES string of the molecule is O=C1Cc2ccc(C(=O)NCc3c(F)cc(F)cc3F)cc2N1. The van der Waals surface area contributed by atoms with Crippen molar-refractivity contribution in [2.24, 2.45) is 0 Å². The molecule has 2 amide bonds. The highest BCUT2D eigenvalue weighted by Gasteiger charge is 2.19. The standard InChI is InChI=1S/C16H11F3N2O2/c17-10-5-12(18)11(13(19)6-10)7-20-16(23)9-2-1-8-4-15(22)21-14(8)3-9/h1-3,5-6H,4,7H2,(H,20,23)(H,21,22). The molecule has 1 aliphatic heterocycles. The minimum Gasteiger partial charge on any atom is -0.348 e. The maximum Gasteiger partial charge on any atom is 0.251 e. The number of carbonyl (C=O) groups is 2. The van der Waals surface area contributed by atoms with Gasteiger partial charge in [-0.15, -0.1) is 0 Å². The molecule has 0 saturated carbocycles. The predicted molar refractivity (Wildman–Crippen MR) is 76.3 cm³/mol. The number of halogens is 3. The molecule has 118 valence electrons. The van der Waals surface area contributed by atoms with Crippen LogP contribution in [0.15, 0.2) is 30.3 Å². The molecule has 2 aromatic carbocycles. The molecule has 2 aromatic rings. The second-order valence-electron chi connectivity index (χ2n) is 5.13. The molecule has 0 spiro atoms. The highest BCUT2D eigenvalue weighted by molar-refractivity contribution is 6.02. The summed E-state index contributed by atoms with van der Waals surface area (Å²) in [4.78, 5) is 23.3. The molecule has 0 fully saturated rings. The zero-order chi connectivity index (χ0) is 16.6. The van der Waals surface area contributed by atoms with E-state index in [9.17, 15) is 22.8 Å². The molecular weight excluding hydrogens is 309 g/mol. The summed E-state index contributed by atoms with van der Waals surface area (Å²) in [6.07, 6.45) is 0.253. The second kappa shape index (κ2) is 5.75. The fourth-order valence-corrected chi connectivity index (χ4v) is 2.37. The number of rotatable bonds is 3. The van der Waals surface area contributed by atoms with Crippen molar-refractivity contribution in [1.29, 1.82) is 0 Å². The average molecular weight is 320 g/mol. The Hall–Kier alpha value is -2.83. The van der Waals surface area contributed by atoms with Crippen LogP contribution in [0.25, 0.3) is 0 Å². The van der Waals surface area contributed by atoms with Gasteiger partial charge in [0.2, 0.25) is 5.91 Å². The van der Waals surface area contributed by atoms with Crippen LogP contribution in [0.4, 0.5) is 18.9 Å². The first-order chi connectivity index (χ1) is 10.9. The zero-order valence-electron chi connectivity index (χ0n) is 11.8. The Balaban J connectivity index is 1.74. The van der Waals surface area contributed by atoms with Crippen LogP contribution in [0.5, 0.6) is 0 Å². The quantitative estimate of drug-likeness (QED) is 0.913. The van der Waals surface area contributed by atoms with Crippen molar-refractivity contribution in [3.8, 4) is 0 Å². The van der Waals surface area contributed by atoms with E-state index >= 15 is 0 Å². The summed E-state index contributed by atoms with van der Waals surface area (Å²) in [5, 5.41) is 4.97. The van der Waals surface area contributed by atoms with Crippen LogP contribution < -0.4 is 10.6 Å². The fraction of sp³-hybridized carbons (Fsp3) is 0.125. The lowest BCUT2D eigenvalue weighted by molar-refractivity contribution is -0.115. The largest absolute Gasteiger partial charge is 0.348 e. The van der Waals surface area contributed by atoms with E-state index in [0.29, 0.717) is 17.8 Å². The van der Waals surface area contributed by atoms with Gasteiger partial charge < -0.3 is 10.6 Å². The summed E-state index contributed by atoms with van der Waals surface area (Å²) in [7, 11) is 0. The summed E-state index contributed by atoms with van der Waals surface area (Å²) >= 11 is 0. The second-order valence-corrected chi connectivity index (χ2v) is 5.13. The molecule has 1 aliphatic rings. The Morgan fingerprint density at radius 2 is 1.83 bits per heavy atom. The van der Waals surface area contributed by atoms with E-state index in [2.05, 4.69) is 10.6 Å². The summed E-state index contributed by atoms with van der Waals surface area (Å²) < 4.78 is 39.8. The minimum atomic E-state index is -1.07. The Morgan fingerprint density at radius 3 is 2.52 bits per heavy atom. The summed E-state index contributed by atoms with van der Waals surface area (Å²) in [6.45, 7) is -0.416. The average Bonchev–Trinajstić information content (AvgIpc) is 2.84. The summed E-state index contributed by atoms with van der Waals surface area (Å²) in [5.74, 6) is -3.87. The third kappa shape index (κ3) is 3.03. The van der Waals surface area contributed by atoms with E-state index in [0.717, 1.165) is 5.56 Å². The van der Waals surface area contributed by atoms with E-state index < -0.39 is 35.5 Å². The molecule has 0 aliphatic carbocycles. The van der Waals surface area contributed by atoms with Crippen LogP contribution in [-0.2, 0) is 17.8 Å². The van der Waals surface area contributed by atoms with Gasteiger partial charge in [-0.1, -0.05) is 6.07 Å². The lowest BCUT2D eigenvalue weighted by Gasteiger charge is -2.09. The fourth-order valence-electron chi connectivity index (χ4n) is 2.37. The Morgan fingerprint density at radius 1 is 1.13 bits per heavy atom. The predicted octanol–water partition coefficient (Wildman–Crippen LogP) is 2.53. The van der Waals surface area contributed by atoms with Gasteiger partial charge in [-0.3, -0.25) is 9.59 Å². The van der Waals surface area contributed by atoms with E-state index in [1.54, 1.807) is 6.07 Å². The third-order valence-corrected chi connectivity index (χ3v) is 3.53. The van der Waals surface area contributed by atoms with Crippen LogP contribution >= 0.6 is 0 Å². The molecule has 4 nitrogen and oxygen atoms in total. The van der Waals surface area contributed by atoms with Gasteiger partial charge in [0.05, 0.1) is 6.42 Å². The lowest BCUT2D eigenvalue weighted by atomic mass is 10.1. The molecule has 23 heavy (non-hydrogen) atoms. The first-order valence-electron chi connectivity index (χ1n) is 6.78. The van der Waals surface area contributed by atoms with Crippen molar-refractivity contribution in [3.63, 3.8) is 0 Å². The highest BCUT2D eigenvalue weighted by Crippen LogP contribution is 2.24. The number of carbonyl (C=O) groups excluding carboxylic acids is 2. The van der Waals surface area contributed by atoms with Gasteiger partial charge in [0, 0.05) is 35.5 Å². The van der Waals surface area contributed by atoms with Crippen LogP contribution in [0.2, 0.25) is 0 Å². The summed E-state index contributed by atoms with van der Waals surface area (Å²) in [6, 6.07) is 5.75. The van der Waals surface area contributed by atoms with Crippen LogP contribution in [0.1, 0.15) is 21.5 Å². The minimum absolute atomic E-state index is 0.159. The van der Waals surface area contributed by atoms with Gasteiger partial charge in [-0.25, -0.2) is 13.2 Å². The monoisotopic (exact) mass is 320 g/mol.